The van der Waals surface area contributed by atoms with Gasteiger partial charge in [-0.2, -0.15) is 0 Å². The van der Waals surface area contributed by atoms with Gasteiger partial charge in [0.05, 0.1) is 12.1 Å². The molecule has 0 aromatic heterocycles. The van der Waals surface area contributed by atoms with E-state index < -0.39 is 12.8 Å². The molecule has 2 nitrogen and oxygen atoms in total. The third-order valence-electron chi connectivity index (χ3n) is 1.71. The Morgan fingerprint density at radius 1 is 1.62 bits per heavy atom. The lowest BCUT2D eigenvalue weighted by atomic mass is 10.1. The first-order valence-electron chi connectivity index (χ1n) is 3.77. The van der Waals surface area contributed by atoms with Crippen molar-refractivity contribution >= 4 is 11.6 Å². The van der Waals surface area contributed by atoms with Crippen molar-refractivity contribution in [3.05, 3.63) is 28.8 Å². The second-order valence-corrected chi connectivity index (χ2v) is 2.94. The molecule has 0 heterocycles. The molecule has 0 saturated carbocycles. The zero-order valence-electron chi connectivity index (χ0n) is 7.13. The van der Waals surface area contributed by atoms with Crippen molar-refractivity contribution in [2.45, 2.75) is 6.10 Å². The fraction of sp³-hybridized carbons (Fsp3) is 0.333. The van der Waals surface area contributed by atoms with Crippen molar-refractivity contribution in [1.29, 1.82) is 0 Å². The third-order valence-corrected chi connectivity index (χ3v) is 2.00. The van der Waals surface area contributed by atoms with Gasteiger partial charge in [0.1, 0.15) is 18.5 Å². The predicted octanol–water partition coefficient (Wildman–Crippen LogP) is 2.35. The van der Waals surface area contributed by atoms with Crippen LogP contribution < -0.4 is 4.74 Å². The number of rotatable bonds is 3. The van der Waals surface area contributed by atoms with Crippen molar-refractivity contribution in [3.8, 4) is 5.75 Å². The van der Waals surface area contributed by atoms with E-state index in [9.17, 15) is 9.50 Å². The van der Waals surface area contributed by atoms with Gasteiger partial charge in [0.25, 0.3) is 0 Å². The summed E-state index contributed by atoms with van der Waals surface area (Å²) in [4.78, 5) is 0. The zero-order chi connectivity index (χ0) is 9.84. The lowest BCUT2D eigenvalue weighted by Gasteiger charge is -2.12. The Bertz CT molecular complexity index is 291. The maximum Gasteiger partial charge on any atom is 0.143 e. The Morgan fingerprint density at radius 3 is 2.85 bits per heavy atom. The number of para-hydroxylation sites is 1. The van der Waals surface area contributed by atoms with Crippen molar-refractivity contribution in [2.75, 3.05) is 13.8 Å². The van der Waals surface area contributed by atoms with E-state index >= 15 is 0 Å². The van der Waals surface area contributed by atoms with Crippen LogP contribution in [0, 0.1) is 0 Å². The molecule has 4 heteroatoms. The van der Waals surface area contributed by atoms with Crippen LogP contribution in [-0.2, 0) is 0 Å². The lowest BCUT2D eigenvalue weighted by Crippen LogP contribution is -2.02. The van der Waals surface area contributed by atoms with E-state index in [1.165, 1.54) is 7.11 Å². The summed E-state index contributed by atoms with van der Waals surface area (Å²) in [6.07, 6.45) is -1.17. The quantitative estimate of drug-likeness (QED) is 0.819. The molecular weight excluding hydrogens is 195 g/mol. The topological polar surface area (TPSA) is 29.5 Å². The Hall–Kier alpha value is -0.800. The number of hydrogen-bond donors (Lipinski definition) is 1. The molecule has 0 spiro atoms. The Morgan fingerprint density at radius 2 is 2.31 bits per heavy atom. The molecule has 72 valence electrons. The van der Waals surface area contributed by atoms with Crippen LogP contribution >= 0.6 is 11.6 Å². The average molecular weight is 205 g/mol. The molecule has 1 aromatic rings. The number of methoxy groups -OCH3 is 1. The Kier molecular flexibility index (Phi) is 3.51. The molecule has 0 aliphatic heterocycles. The fourth-order valence-electron chi connectivity index (χ4n) is 1.09. The van der Waals surface area contributed by atoms with E-state index in [2.05, 4.69) is 0 Å². The van der Waals surface area contributed by atoms with Gasteiger partial charge >= 0.3 is 0 Å². The minimum Gasteiger partial charge on any atom is -0.495 e. The van der Waals surface area contributed by atoms with Crippen LogP contribution in [0.25, 0.3) is 0 Å². The van der Waals surface area contributed by atoms with Crippen LogP contribution in [0.5, 0.6) is 5.75 Å². The van der Waals surface area contributed by atoms with Gasteiger partial charge in [-0.3, -0.25) is 0 Å². The molecule has 0 bridgehead atoms. The molecule has 0 aliphatic rings. The van der Waals surface area contributed by atoms with Gasteiger partial charge in [-0.05, 0) is 6.07 Å². The van der Waals surface area contributed by atoms with E-state index in [0.29, 0.717) is 16.3 Å². The highest BCUT2D eigenvalue weighted by Crippen LogP contribution is 2.32. The summed E-state index contributed by atoms with van der Waals surface area (Å²) in [7, 11) is 1.43. The SMILES string of the molecule is COc1c(Cl)cccc1C(O)CF. The fourth-order valence-corrected chi connectivity index (χ4v) is 1.35. The van der Waals surface area contributed by atoms with E-state index in [1.807, 2.05) is 0 Å². The minimum absolute atomic E-state index is 0.328. The van der Waals surface area contributed by atoms with Crippen LogP contribution in [0.1, 0.15) is 11.7 Å². The normalized spacial score (nSPS) is 12.6. The highest BCUT2D eigenvalue weighted by molar-refractivity contribution is 6.32. The van der Waals surface area contributed by atoms with Gasteiger partial charge in [-0.25, -0.2) is 4.39 Å². The summed E-state index contributed by atoms with van der Waals surface area (Å²) < 4.78 is 17.1. The summed E-state index contributed by atoms with van der Waals surface area (Å²) in [5.41, 5.74) is 0.373. The molecule has 13 heavy (non-hydrogen) atoms. The van der Waals surface area contributed by atoms with E-state index in [-0.39, 0.29) is 0 Å². The second-order valence-electron chi connectivity index (χ2n) is 2.53. The van der Waals surface area contributed by atoms with Gasteiger partial charge < -0.3 is 9.84 Å². The summed E-state index contributed by atoms with van der Waals surface area (Å²) in [5, 5.41) is 9.62. The summed E-state index contributed by atoms with van der Waals surface area (Å²) >= 11 is 5.77. The van der Waals surface area contributed by atoms with Gasteiger partial charge in [0.15, 0.2) is 0 Å². The summed E-state index contributed by atoms with van der Waals surface area (Å²) in [6.45, 7) is -0.850. The molecule has 1 aromatic carbocycles. The Labute approximate surface area is 80.9 Å². The van der Waals surface area contributed by atoms with Crippen LogP contribution in [-0.4, -0.2) is 18.9 Å². The van der Waals surface area contributed by atoms with Crippen LogP contribution in [0.3, 0.4) is 0 Å². The molecule has 1 unspecified atom stereocenters. The molecule has 0 fully saturated rings. The molecule has 0 radical (unpaired) electrons. The predicted molar refractivity (Wildman–Crippen MR) is 48.9 cm³/mol. The minimum atomic E-state index is -1.17. The molecule has 1 atom stereocenters. The van der Waals surface area contributed by atoms with Gasteiger partial charge in [-0.15, -0.1) is 0 Å². The van der Waals surface area contributed by atoms with Crippen LogP contribution in [0.4, 0.5) is 4.39 Å². The maximum absolute atomic E-state index is 12.2. The molecular formula is C9H10ClFO2. The summed E-state index contributed by atoms with van der Waals surface area (Å²) in [6, 6.07) is 4.84. The van der Waals surface area contributed by atoms with Gasteiger partial charge in [0, 0.05) is 5.56 Å². The number of aliphatic hydroxyl groups excluding tert-OH is 1. The standard InChI is InChI=1S/C9H10ClFO2/c1-13-9-6(8(12)5-11)3-2-4-7(9)10/h2-4,8,12H,5H2,1H3. The van der Waals surface area contributed by atoms with Crippen LogP contribution in [0.2, 0.25) is 5.02 Å². The second kappa shape index (κ2) is 4.44. The third kappa shape index (κ3) is 2.11. The van der Waals surface area contributed by atoms with E-state index in [1.54, 1.807) is 18.2 Å². The number of hydrogen-bond acceptors (Lipinski definition) is 2. The number of ether oxygens (including phenoxy) is 1. The molecule has 1 N–H and O–H groups in total. The molecule has 1 rings (SSSR count). The monoisotopic (exact) mass is 204 g/mol. The number of alkyl halides is 1. The maximum atomic E-state index is 12.2. The lowest BCUT2D eigenvalue weighted by molar-refractivity contribution is 0.138. The van der Waals surface area contributed by atoms with Crippen molar-refractivity contribution in [1.82, 2.24) is 0 Å². The van der Waals surface area contributed by atoms with Crippen LogP contribution in [0.15, 0.2) is 18.2 Å². The number of benzene rings is 1. The largest absolute Gasteiger partial charge is 0.495 e. The van der Waals surface area contributed by atoms with Crippen molar-refractivity contribution in [3.63, 3.8) is 0 Å². The first-order chi connectivity index (χ1) is 6.20. The van der Waals surface area contributed by atoms with E-state index in [0.717, 1.165) is 0 Å². The number of halogens is 2. The van der Waals surface area contributed by atoms with Gasteiger partial charge in [0.2, 0.25) is 0 Å². The van der Waals surface area contributed by atoms with Crippen molar-refractivity contribution in [2.24, 2.45) is 0 Å². The smallest absolute Gasteiger partial charge is 0.143 e. The first-order valence-corrected chi connectivity index (χ1v) is 4.15. The van der Waals surface area contributed by atoms with Crippen molar-refractivity contribution < 1.29 is 14.2 Å². The summed E-state index contributed by atoms with van der Waals surface area (Å²) in [5.74, 6) is 0.328. The first kappa shape index (κ1) is 10.3. The Balaban J connectivity index is 3.12. The molecule has 0 aliphatic carbocycles. The molecule has 0 saturated heterocycles. The number of aliphatic hydroxyl groups is 1. The van der Waals surface area contributed by atoms with E-state index in [4.69, 9.17) is 16.3 Å². The highest BCUT2D eigenvalue weighted by Gasteiger charge is 2.14. The average Bonchev–Trinajstić information content (AvgIpc) is 2.16. The van der Waals surface area contributed by atoms with Gasteiger partial charge in [-0.1, -0.05) is 23.7 Å². The highest BCUT2D eigenvalue weighted by atomic mass is 35.5. The zero-order valence-corrected chi connectivity index (χ0v) is 7.88. The molecule has 0 amide bonds.